The molecule has 0 spiro atoms. The summed E-state index contributed by atoms with van der Waals surface area (Å²) >= 11 is 6.14. The van der Waals surface area contributed by atoms with E-state index >= 15 is 0 Å². The molecule has 0 saturated carbocycles. The molecule has 1 amide bonds. The Morgan fingerprint density at radius 2 is 1.71 bits per heavy atom. The van der Waals surface area contributed by atoms with Gasteiger partial charge in [-0.15, -0.1) is 0 Å². The minimum atomic E-state index is -3.67. The van der Waals surface area contributed by atoms with Crippen LogP contribution in [0.5, 0.6) is 0 Å². The van der Waals surface area contributed by atoms with E-state index in [-0.39, 0.29) is 28.1 Å². The lowest BCUT2D eigenvalue weighted by atomic mass is 10.1. The fourth-order valence-electron chi connectivity index (χ4n) is 3.54. The highest BCUT2D eigenvalue weighted by molar-refractivity contribution is 7.89. The first kappa shape index (κ1) is 21.5. The predicted molar refractivity (Wildman–Crippen MR) is 106 cm³/mol. The maximum Gasteiger partial charge on any atom is 0.253 e. The summed E-state index contributed by atoms with van der Waals surface area (Å²) in [6.45, 7) is 1.55. The van der Waals surface area contributed by atoms with Gasteiger partial charge in [0.25, 0.3) is 5.91 Å². The first-order valence-corrected chi connectivity index (χ1v) is 12.8. The number of hydrogen-bond donors (Lipinski definition) is 1. The van der Waals surface area contributed by atoms with Crippen LogP contribution in [-0.4, -0.2) is 69.8 Å². The third kappa shape index (κ3) is 4.68. The van der Waals surface area contributed by atoms with E-state index in [2.05, 4.69) is 5.32 Å². The van der Waals surface area contributed by atoms with Crippen molar-refractivity contribution in [1.29, 1.82) is 0 Å². The van der Waals surface area contributed by atoms with Gasteiger partial charge in [-0.2, -0.15) is 4.31 Å². The minimum absolute atomic E-state index is 0.0327. The van der Waals surface area contributed by atoms with Gasteiger partial charge >= 0.3 is 0 Å². The van der Waals surface area contributed by atoms with E-state index in [1.807, 2.05) is 0 Å². The van der Waals surface area contributed by atoms with Gasteiger partial charge < -0.3 is 5.32 Å². The second-order valence-corrected chi connectivity index (χ2v) is 11.5. The number of benzene rings is 1. The number of hydrogen-bond acceptors (Lipinski definition) is 5. The highest BCUT2D eigenvalue weighted by Crippen LogP contribution is 2.25. The number of halogens is 1. The Kier molecular flexibility index (Phi) is 6.35. The van der Waals surface area contributed by atoms with Crippen molar-refractivity contribution in [2.75, 3.05) is 32.4 Å². The number of nitrogens with one attached hydrogen (secondary N) is 1. The summed E-state index contributed by atoms with van der Waals surface area (Å²) in [6, 6.07) is 3.75. The van der Waals surface area contributed by atoms with E-state index in [0.717, 1.165) is 19.1 Å². The molecule has 1 aromatic rings. The van der Waals surface area contributed by atoms with Crippen molar-refractivity contribution in [3.05, 3.63) is 28.8 Å². The number of carbonyl (C=O) groups is 1. The normalized spacial score (nSPS) is 22.3. The molecule has 156 valence electrons. The molecule has 0 radical (unpaired) electrons. The van der Waals surface area contributed by atoms with Crippen molar-refractivity contribution in [3.8, 4) is 0 Å². The Morgan fingerprint density at radius 3 is 2.36 bits per heavy atom. The van der Waals surface area contributed by atoms with Crippen LogP contribution in [0, 0.1) is 0 Å². The van der Waals surface area contributed by atoms with Crippen molar-refractivity contribution in [3.63, 3.8) is 0 Å². The molecule has 1 unspecified atom stereocenters. The van der Waals surface area contributed by atoms with Crippen molar-refractivity contribution < 1.29 is 21.6 Å². The van der Waals surface area contributed by atoms with Gasteiger partial charge in [-0.3, -0.25) is 4.79 Å². The summed E-state index contributed by atoms with van der Waals surface area (Å²) in [7, 11) is -7.00. The SMILES string of the molecule is CS(=O)(=O)N1CCCC(NC(=O)c2cc(S(=O)(=O)N3CCCC3)ccc2Cl)C1. The van der Waals surface area contributed by atoms with Gasteiger partial charge in [-0.05, 0) is 43.9 Å². The molecular weight excluding hydrogens is 426 g/mol. The molecule has 0 aliphatic carbocycles. The summed E-state index contributed by atoms with van der Waals surface area (Å²) in [5.41, 5.74) is 0.0680. The van der Waals surface area contributed by atoms with Crippen LogP contribution in [0.25, 0.3) is 0 Å². The Hall–Kier alpha value is -1.20. The van der Waals surface area contributed by atoms with E-state index in [4.69, 9.17) is 11.6 Å². The second kappa shape index (κ2) is 8.27. The molecule has 28 heavy (non-hydrogen) atoms. The monoisotopic (exact) mass is 449 g/mol. The molecule has 1 N–H and O–H groups in total. The molecule has 2 saturated heterocycles. The maximum absolute atomic E-state index is 12.7. The number of nitrogens with zero attached hydrogens (tertiary/aromatic N) is 2. The van der Waals surface area contributed by atoms with Gasteiger partial charge in [0.2, 0.25) is 20.0 Å². The highest BCUT2D eigenvalue weighted by atomic mass is 35.5. The average Bonchev–Trinajstić information content (AvgIpc) is 3.17. The molecule has 11 heteroatoms. The smallest absolute Gasteiger partial charge is 0.253 e. The number of rotatable bonds is 5. The van der Waals surface area contributed by atoms with Gasteiger partial charge in [0.15, 0.2) is 0 Å². The Labute approximate surface area is 170 Å². The Balaban J connectivity index is 1.78. The summed E-state index contributed by atoms with van der Waals surface area (Å²) in [5, 5.41) is 2.94. The fourth-order valence-corrected chi connectivity index (χ4v) is 6.20. The lowest BCUT2D eigenvalue weighted by Gasteiger charge is -2.31. The molecule has 1 aromatic carbocycles. The molecule has 2 fully saturated rings. The topological polar surface area (TPSA) is 104 Å². The van der Waals surface area contributed by atoms with Crippen LogP contribution in [0.2, 0.25) is 5.02 Å². The van der Waals surface area contributed by atoms with Crippen molar-refractivity contribution in [2.24, 2.45) is 0 Å². The molecule has 1 atom stereocenters. The van der Waals surface area contributed by atoms with Crippen LogP contribution in [0.4, 0.5) is 0 Å². The molecule has 2 heterocycles. The second-order valence-electron chi connectivity index (χ2n) is 7.19. The van der Waals surface area contributed by atoms with Crippen LogP contribution < -0.4 is 5.32 Å². The molecule has 0 bridgehead atoms. The number of sulfonamides is 2. The van der Waals surface area contributed by atoms with Gasteiger partial charge in [-0.1, -0.05) is 11.6 Å². The maximum atomic E-state index is 12.7. The van der Waals surface area contributed by atoms with Crippen LogP contribution in [0.1, 0.15) is 36.0 Å². The first-order valence-electron chi connectivity index (χ1n) is 9.15. The van der Waals surface area contributed by atoms with E-state index in [1.54, 1.807) is 0 Å². The van der Waals surface area contributed by atoms with E-state index < -0.39 is 26.0 Å². The summed E-state index contributed by atoms with van der Waals surface area (Å²) in [6.07, 6.45) is 4.05. The number of piperidine rings is 1. The average molecular weight is 450 g/mol. The molecule has 3 rings (SSSR count). The van der Waals surface area contributed by atoms with Gasteiger partial charge in [0.1, 0.15) is 0 Å². The first-order chi connectivity index (χ1) is 13.1. The van der Waals surface area contributed by atoms with E-state index in [9.17, 15) is 21.6 Å². The van der Waals surface area contributed by atoms with Gasteiger partial charge in [0.05, 0.1) is 21.7 Å². The Bertz CT molecular complexity index is 959. The van der Waals surface area contributed by atoms with Crippen molar-refractivity contribution in [2.45, 2.75) is 36.6 Å². The summed E-state index contributed by atoms with van der Waals surface area (Å²) < 4.78 is 51.7. The Morgan fingerprint density at radius 1 is 1.07 bits per heavy atom. The number of carbonyl (C=O) groups excluding carboxylic acids is 1. The zero-order valence-electron chi connectivity index (χ0n) is 15.6. The van der Waals surface area contributed by atoms with Crippen LogP contribution in [0.15, 0.2) is 23.1 Å². The van der Waals surface area contributed by atoms with Gasteiger partial charge in [0, 0.05) is 32.2 Å². The molecular formula is C17H24ClN3O5S2. The fraction of sp³-hybridized carbons (Fsp3) is 0.588. The van der Waals surface area contributed by atoms with Gasteiger partial charge in [-0.25, -0.2) is 21.1 Å². The molecule has 2 aliphatic rings. The lowest BCUT2D eigenvalue weighted by molar-refractivity contribution is 0.0921. The van der Waals surface area contributed by atoms with E-state index in [1.165, 1.54) is 26.8 Å². The summed E-state index contributed by atoms with van der Waals surface area (Å²) in [4.78, 5) is 12.8. The zero-order valence-corrected chi connectivity index (χ0v) is 18.0. The standard InChI is InChI=1S/C17H24ClN3O5S2/c1-27(23,24)21-10-4-5-13(12-21)19-17(22)15-11-14(6-7-16(15)18)28(25,26)20-8-2-3-9-20/h6-7,11,13H,2-5,8-10,12H2,1H3,(H,19,22). The molecule has 2 aliphatic heterocycles. The quantitative estimate of drug-likeness (QED) is 0.729. The molecule has 8 nitrogen and oxygen atoms in total. The third-order valence-electron chi connectivity index (χ3n) is 5.07. The summed E-state index contributed by atoms with van der Waals surface area (Å²) in [5.74, 6) is -0.510. The van der Waals surface area contributed by atoms with Crippen LogP contribution >= 0.6 is 11.6 Å². The minimum Gasteiger partial charge on any atom is -0.348 e. The zero-order chi connectivity index (χ0) is 20.5. The third-order valence-corrected chi connectivity index (χ3v) is 8.57. The van der Waals surface area contributed by atoms with Crippen molar-refractivity contribution >= 4 is 37.6 Å². The molecule has 0 aromatic heterocycles. The van der Waals surface area contributed by atoms with Crippen molar-refractivity contribution in [1.82, 2.24) is 13.9 Å². The number of amides is 1. The van der Waals surface area contributed by atoms with Crippen LogP contribution in [0.3, 0.4) is 0 Å². The predicted octanol–water partition coefficient (Wildman–Crippen LogP) is 1.28. The largest absolute Gasteiger partial charge is 0.348 e. The van der Waals surface area contributed by atoms with E-state index in [0.29, 0.717) is 32.5 Å². The highest BCUT2D eigenvalue weighted by Gasteiger charge is 2.30. The van der Waals surface area contributed by atoms with Crippen LogP contribution in [-0.2, 0) is 20.0 Å². The lowest BCUT2D eigenvalue weighted by Crippen LogP contribution is -2.49.